The standard InChI is InChI=1S/C23H19NO5/c1-26-19-7-5-17-6-8-20(15-18(17)14-19)29-23(25)10-4-16-3-9-21(28-12-11-24)22(13-16)27-2/h3-10,13-15H,12H2,1-2H3/b10-4+. The van der Waals surface area contributed by atoms with Crippen molar-refractivity contribution < 1.29 is 23.7 Å². The fourth-order valence-electron chi connectivity index (χ4n) is 2.72. The van der Waals surface area contributed by atoms with Crippen molar-refractivity contribution in [2.75, 3.05) is 20.8 Å². The van der Waals surface area contributed by atoms with E-state index in [9.17, 15) is 4.79 Å². The average Bonchev–Trinajstić information content (AvgIpc) is 2.75. The van der Waals surface area contributed by atoms with Gasteiger partial charge in [0.1, 0.15) is 17.6 Å². The van der Waals surface area contributed by atoms with Gasteiger partial charge in [0.15, 0.2) is 18.1 Å². The van der Waals surface area contributed by atoms with Crippen LogP contribution in [0.2, 0.25) is 0 Å². The number of fused-ring (bicyclic) bond motifs is 1. The summed E-state index contributed by atoms with van der Waals surface area (Å²) in [4.78, 5) is 12.2. The van der Waals surface area contributed by atoms with Crippen molar-refractivity contribution in [1.29, 1.82) is 5.26 Å². The summed E-state index contributed by atoms with van der Waals surface area (Å²) in [5, 5.41) is 10.5. The van der Waals surface area contributed by atoms with Gasteiger partial charge >= 0.3 is 5.97 Å². The first-order chi connectivity index (χ1) is 14.1. The molecule has 3 rings (SSSR count). The number of hydrogen-bond donors (Lipinski definition) is 0. The molecule has 0 saturated heterocycles. The highest BCUT2D eigenvalue weighted by atomic mass is 16.5. The Morgan fingerprint density at radius 1 is 0.931 bits per heavy atom. The third-order valence-electron chi connectivity index (χ3n) is 4.13. The largest absolute Gasteiger partial charge is 0.497 e. The van der Waals surface area contributed by atoms with Crippen LogP contribution in [0.4, 0.5) is 0 Å². The molecule has 3 aromatic rings. The molecule has 0 aliphatic heterocycles. The minimum absolute atomic E-state index is 0.0739. The fourth-order valence-corrected chi connectivity index (χ4v) is 2.72. The molecule has 6 nitrogen and oxygen atoms in total. The Hall–Kier alpha value is -3.98. The van der Waals surface area contributed by atoms with E-state index in [0.29, 0.717) is 17.2 Å². The number of carbonyl (C=O) groups excluding carboxylic acids is 1. The lowest BCUT2D eigenvalue weighted by Crippen LogP contribution is -2.03. The van der Waals surface area contributed by atoms with E-state index in [4.69, 9.17) is 24.2 Å². The molecule has 0 N–H and O–H groups in total. The molecule has 0 saturated carbocycles. The van der Waals surface area contributed by atoms with E-state index >= 15 is 0 Å². The zero-order valence-electron chi connectivity index (χ0n) is 16.0. The maximum Gasteiger partial charge on any atom is 0.336 e. The summed E-state index contributed by atoms with van der Waals surface area (Å²) < 4.78 is 21.1. The first-order valence-electron chi connectivity index (χ1n) is 8.78. The van der Waals surface area contributed by atoms with E-state index in [0.717, 1.165) is 22.1 Å². The van der Waals surface area contributed by atoms with Crippen LogP contribution in [-0.2, 0) is 4.79 Å². The van der Waals surface area contributed by atoms with E-state index in [1.807, 2.05) is 30.3 Å². The Labute approximate surface area is 168 Å². The van der Waals surface area contributed by atoms with Gasteiger partial charge in [0.2, 0.25) is 0 Å². The Kier molecular flexibility index (Phi) is 6.33. The Morgan fingerprint density at radius 3 is 2.41 bits per heavy atom. The number of hydrogen-bond acceptors (Lipinski definition) is 6. The van der Waals surface area contributed by atoms with Gasteiger partial charge in [-0.1, -0.05) is 18.2 Å². The molecule has 3 aromatic carbocycles. The highest BCUT2D eigenvalue weighted by Gasteiger charge is 2.06. The number of nitriles is 1. The van der Waals surface area contributed by atoms with Crippen molar-refractivity contribution >= 4 is 22.8 Å². The van der Waals surface area contributed by atoms with Gasteiger partial charge in [-0.3, -0.25) is 0 Å². The molecule has 0 spiro atoms. The molecular formula is C23H19NO5. The van der Waals surface area contributed by atoms with E-state index in [1.165, 1.54) is 13.2 Å². The molecule has 0 atom stereocenters. The lowest BCUT2D eigenvalue weighted by molar-refractivity contribution is -0.128. The second kappa shape index (κ2) is 9.29. The summed E-state index contributed by atoms with van der Waals surface area (Å²) in [5.74, 6) is 1.60. The highest BCUT2D eigenvalue weighted by molar-refractivity contribution is 5.90. The van der Waals surface area contributed by atoms with Crippen LogP contribution in [0.3, 0.4) is 0 Å². The van der Waals surface area contributed by atoms with E-state index < -0.39 is 5.97 Å². The lowest BCUT2D eigenvalue weighted by Gasteiger charge is -2.08. The zero-order chi connectivity index (χ0) is 20.6. The first-order valence-corrected chi connectivity index (χ1v) is 8.78. The van der Waals surface area contributed by atoms with Gasteiger partial charge in [0, 0.05) is 6.08 Å². The smallest absolute Gasteiger partial charge is 0.336 e. The van der Waals surface area contributed by atoms with E-state index in [-0.39, 0.29) is 6.61 Å². The summed E-state index contributed by atoms with van der Waals surface area (Å²) in [6.45, 7) is -0.0739. The first kappa shape index (κ1) is 19.8. The minimum Gasteiger partial charge on any atom is -0.497 e. The summed E-state index contributed by atoms with van der Waals surface area (Å²) in [6.07, 6.45) is 2.95. The Bertz CT molecular complexity index is 1100. The molecule has 0 radical (unpaired) electrons. The van der Waals surface area contributed by atoms with Crippen LogP contribution in [0, 0.1) is 11.3 Å². The second-order valence-corrected chi connectivity index (χ2v) is 5.99. The number of carbonyl (C=O) groups is 1. The number of ether oxygens (including phenoxy) is 4. The van der Waals surface area contributed by atoms with Crippen LogP contribution < -0.4 is 18.9 Å². The zero-order valence-corrected chi connectivity index (χ0v) is 16.0. The van der Waals surface area contributed by atoms with Crippen molar-refractivity contribution in [3.05, 3.63) is 66.2 Å². The SMILES string of the molecule is COc1ccc2ccc(OC(=O)/C=C/c3ccc(OCC#N)c(OC)c3)cc2c1. The maximum atomic E-state index is 12.2. The second-order valence-electron chi connectivity index (χ2n) is 5.99. The molecule has 0 aliphatic carbocycles. The van der Waals surface area contributed by atoms with E-state index in [1.54, 1.807) is 43.5 Å². The molecule has 0 amide bonds. The van der Waals surface area contributed by atoms with Crippen molar-refractivity contribution in [3.8, 4) is 29.1 Å². The van der Waals surface area contributed by atoms with Crippen molar-refractivity contribution in [2.24, 2.45) is 0 Å². The molecule has 0 aromatic heterocycles. The average molecular weight is 389 g/mol. The number of rotatable bonds is 7. The van der Waals surface area contributed by atoms with Gasteiger partial charge in [0.05, 0.1) is 14.2 Å². The monoisotopic (exact) mass is 389 g/mol. The summed E-state index contributed by atoms with van der Waals surface area (Å²) in [7, 11) is 3.11. The number of methoxy groups -OCH3 is 2. The molecular weight excluding hydrogens is 370 g/mol. The van der Waals surface area contributed by atoms with Crippen molar-refractivity contribution in [3.63, 3.8) is 0 Å². The number of nitrogens with zero attached hydrogens (tertiary/aromatic N) is 1. The van der Waals surface area contributed by atoms with Crippen LogP contribution in [0.15, 0.2) is 60.7 Å². The molecule has 146 valence electrons. The van der Waals surface area contributed by atoms with Gasteiger partial charge in [0.25, 0.3) is 0 Å². The molecule has 0 heterocycles. The molecule has 0 aliphatic rings. The van der Waals surface area contributed by atoms with Crippen LogP contribution in [-0.4, -0.2) is 26.8 Å². The maximum absolute atomic E-state index is 12.2. The van der Waals surface area contributed by atoms with Crippen LogP contribution in [0.1, 0.15) is 5.56 Å². The van der Waals surface area contributed by atoms with Crippen LogP contribution in [0.5, 0.6) is 23.0 Å². The molecule has 0 bridgehead atoms. The quantitative estimate of drug-likeness (QED) is 0.339. The van der Waals surface area contributed by atoms with Crippen LogP contribution in [0.25, 0.3) is 16.8 Å². The lowest BCUT2D eigenvalue weighted by atomic mass is 10.1. The van der Waals surface area contributed by atoms with Crippen molar-refractivity contribution in [2.45, 2.75) is 0 Å². The van der Waals surface area contributed by atoms with Gasteiger partial charge in [-0.15, -0.1) is 0 Å². The van der Waals surface area contributed by atoms with Gasteiger partial charge in [-0.25, -0.2) is 4.79 Å². The third kappa shape index (κ3) is 5.05. The molecule has 0 unspecified atom stereocenters. The fraction of sp³-hybridized carbons (Fsp3) is 0.130. The summed E-state index contributed by atoms with van der Waals surface area (Å²) in [5.41, 5.74) is 0.728. The molecule has 0 fully saturated rings. The van der Waals surface area contributed by atoms with E-state index in [2.05, 4.69) is 0 Å². The predicted octanol–water partition coefficient (Wildman–Crippen LogP) is 4.38. The van der Waals surface area contributed by atoms with Crippen LogP contribution >= 0.6 is 0 Å². The summed E-state index contributed by atoms with van der Waals surface area (Å²) >= 11 is 0. The molecule has 29 heavy (non-hydrogen) atoms. The van der Waals surface area contributed by atoms with Gasteiger partial charge in [-0.05, 0) is 58.8 Å². The topological polar surface area (TPSA) is 77.8 Å². The predicted molar refractivity (Wildman–Crippen MR) is 109 cm³/mol. The number of benzene rings is 3. The Balaban J connectivity index is 1.71. The molecule has 6 heteroatoms. The normalized spacial score (nSPS) is 10.5. The van der Waals surface area contributed by atoms with Gasteiger partial charge < -0.3 is 18.9 Å². The summed E-state index contributed by atoms with van der Waals surface area (Å²) in [6, 6.07) is 18.1. The number of esters is 1. The highest BCUT2D eigenvalue weighted by Crippen LogP contribution is 2.29. The minimum atomic E-state index is -0.504. The van der Waals surface area contributed by atoms with Gasteiger partial charge in [-0.2, -0.15) is 5.26 Å². The third-order valence-corrected chi connectivity index (χ3v) is 4.13. The van der Waals surface area contributed by atoms with Crippen molar-refractivity contribution in [1.82, 2.24) is 0 Å². The Morgan fingerprint density at radius 2 is 1.69 bits per heavy atom.